The van der Waals surface area contributed by atoms with Crippen molar-refractivity contribution in [2.45, 2.75) is 25.1 Å². The maximum absolute atomic E-state index is 12.3. The molecule has 3 rings (SSSR count). The number of rotatable bonds is 5. The first-order valence-corrected chi connectivity index (χ1v) is 8.26. The number of ether oxygens (including phenoxy) is 1. The second kappa shape index (κ2) is 7.77. The van der Waals surface area contributed by atoms with Crippen LogP contribution >= 0.6 is 0 Å². The lowest BCUT2D eigenvalue weighted by Gasteiger charge is -2.29. The van der Waals surface area contributed by atoms with E-state index in [0.717, 1.165) is 0 Å². The van der Waals surface area contributed by atoms with Crippen molar-refractivity contribution in [2.75, 3.05) is 19.6 Å². The Morgan fingerprint density at radius 1 is 1.37 bits per heavy atom. The van der Waals surface area contributed by atoms with E-state index in [2.05, 4.69) is 26.6 Å². The first-order chi connectivity index (χ1) is 12.9. The van der Waals surface area contributed by atoms with E-state index >= 15 is 0 Å². The summed E-state index contributed by atoms with van der Waals surface area (Å²) in [6, 6.07) is 5.39. The Kier molecular flexibility index (Phi) is 5.43. The number of aliphatic imine (C=N–C) groups is 1. The van der Waals surface area contributed by atoms with Gasteiger partial charge in [0.25, 0.3) is 0 Å². The van der Waals surface area contributed by atoms with E-state index in [4.69, 9.17) is 4.52 Å². The number of carbonyl (C=O) groups excluding carboxylic acids is 1. The molecule has 0 spiro atoms. The number of carbonyl (C=O) groups is 1. The quantitative estimate of drug-likeness (QED) is 0.743. The van der Waals surface area contributed by atoms with Crippen LogP contribution in [0.1, 0.15) is 24.7 Å². The Hall–Kier alpha value is -2.91. The molecule has 0 unspecified atom stereocenters. The van der Waals surface area contributed by atoms with E-state index < -0.39 is 6.36 Å². The zero-order chi connectivity index (χ0) is 19.4. The van der Waals surface area contributed by atoms with E-state index in [-0.39, 0.29) is 29.9 Å². The number of amides is 1. The molecule has 1 aromatic heterocycles. The summed E-state index contributed by atoms with van der Waals surface area (Å²) in [5, 5.41) is 3.86. The molecule has 7 nitrogen and oxygen atoms in total. The Bertz CT molecular complexity index is 814. The Morgan fingerprint density at radius 2 is 2.11 bits per heavy atom. The normalized spacial score (nSPS) is 15.6. The highest BCUT2D eigenvalue weighted by molar-refractivity contribution is 5.79. The fourth-order valence-electron chi connectivity index (χ4n) is 2.92. The molecule has 144 valence electrons. The van der Waals surface area contributed by atoms with Crippen LogP contribution in [0, 0.1) is 0 Å². The maximum Gasteiger partial charge on any atom is 0.573 e. The highest BCUT2D eigenvalue weighted by atomic mass is 19.4. The monoisotopic (exact) mass is 382 g/mol. The predicted octanol–water partition coefficient (Wildman–Crippen LogP) is 3.04. The molecule has 2 heterocycles. The van der Waals surface area contributed by atoms with Crippen LogP contribution in [0.2, 0.25) is 0 Å². The highest BCUT2D eigenvalue weighted by Gasteiger charge is 2.31. The average molecular weight is 382 g/mol. The zero-order valence-corrected chi connectivity index (χ0v) is 14.3. The minimum absolute atomic E-state index is 0.0124. The number of hydrogen-bond donors (Lipinski definition) is 0. The fourth-order valence-corrected chi connectivity index (χ4v) is 2.92. The van der Waals surface area contributed by atoms with Gasteiger partial charge >= 0.3 is 6.36 Å². The summed E-state index contributed by atoms with van der Waals surface area (Å²) in [7, 11) is 0. The third kappa shape index (κ3) is 4.83. The van der Waals surface area contributed by atoms with Gasteiger partial charge in [-0.15, -0.1) is 13.2 Å². The van der Waals surface area contributed by atoms with E-state index in [9.17, 15) is 18.0 Å². The smallest absolute Gasteiger partial charge is 0.406 e. The number of alkyl halides is 3. The summed E-state index contributed by atoms with van der Waals surface area (Å²) in [5.74, 6) is 0.153. The number of aromatic nitrogens is 2. The van der Waals surface area contributed by atoms with Gasteiger partial charge in [0.05, 0.1) is 0 Å². The molecule has 0 atom stereocenters. The molecular formula is C17H17F3N4O3. The molecule has 0 N–H and O–H groups in total. The lowest BCUT2D eigenvalue weighted by Crippen LogP contribution is -2.39. The van der Waals surface area contributed by atoms with Crippen molar-refractivity contribution < 1.29 is 27.2 Å². The van der Waals surface area contributed by atoms with Crippen molar-refractivity contribution in [3.63, 3.8) is 0 Å². The minimum Gasteiger partial charge on any atom is -0.406 e. The predicted molar refractivity (Wildman–Crippen MR) is 89.4 cm³/mol. The number of halogens is 3. The van der Waals surface area contributed by atoms with Crippen molar-refractivity contribution in [3.05, 3.63) is 30.2 Å². The number of likely N-dealkylation sites (tertiary alicyclic amines) is 1. The number of hydrogen-bond acceptors (Lipinski definition) is 6. The van der Waals surface area contributed by atoms with Gasteiger partial charge in [-0.3, -0.25) is 9.79 Å². The van der Waals surface area contributed by atoms with Crippen LogP contribution in [0.4, 0.5) is 13.2 Å². The summed E-state index contributed by atoms with van der Waals surface area (Å²) in [6.07, 6.45) is -3.46. The summed E-state index contributed by atoms with van der Waals surface area (Å²) >= 11 is 0. The summed E-state index contributed by atoms with van der Waals surface area (Å²) < 4.78 is 46.2. The fraction of sp³-hybridized carbons (Fsp3) is 0.412. The van der Waals surface area contributed by atoms with E-state index in [1.807, 2.05) is 0 Å². The van der Waals surface area contributed by atoms with Crippen LogP contribution in [0.5, 0.6) is 5.75 Å². The maximum atomic E-state index is 12.3. The first-order valence-electron chi connectivity index (χ1n) is 8.26. The molecule has 1 fully saturated rings. The van der Waals surface area contributed by atoms with Crippen LogP contribution in [0.15, 0.2) is 33.8 Å². The van der Waals surface area contributed by atoms with Crippen molar-refractivity contribution in [3.8, 4) is 17.1 Å². The SMILES string of the molecule is C=NCC(=O)N1CCC(c2nc(-c3cccc(OC(F)(F)F)c3)no2)CC1. The molecule has 1 saturated heterocycles. The lowest BCUT2D eigenvalue weighted by molar-refractivity contribution is -0.274. The molecule has 0 aliphatic carbocycles. The van der Waals surface area contributed by atoms with Gasteiger partial charge in [0, 0.05) is 24.6 Å². The van der Waals surface area contributed by atoms with Gasteiger partial charge in [-0.05, 0) is 31.7 Å². The molecule has 0 saturated carbocycles. The Labute approximate surface area is 152 Å². The minimum atomic E-state index is -4.77. The van der Waals surface area contributed by atoms with Gasteiger partial charge in [-0.25, -0.2) is 0 Å². The Balaban J connectivity index is 1.66. The number of benzene rings is 1. The largest absolute Gasteiger partial charge is 0.573 e. The number of piperidine rings is 1. The molecule has 1 aromatic carbocycles. The summed E-state index contributed by atoms with van der Waals surface area (Å²) in [4.78, 5) is 21.4. The molecule has 0 bridgehead atoms. The molecular weight excluding hydrogens is 365 g/mol. The van der Waals surface area contributed by atoms with Crippen LogP contribution < -0.4 is 4.74 Å². The summed E-state index contributed by atoms with van der Waals surface area (Å²) in [6.45, 7) is 4.47. The van der Waals surface area contributed by atoms with Gasteiger partial charge < -0.3 is 14.2 Å². The van der Waals surface area contributed by atoms with Crippen LogP contribution in [0.3, 0.4) is 0 Å². The van der Waals surface area contributed by atoms with Gasteiger partial charge in [0.1, 0.15) is 12.3 Å². The third-order valence-electron chi connectivity index (χ3n) is 4.21. The molecule has 1 amide bonds. The Morgan fingerprint density at radius 3 is 2.78 bits per heavy atom. The van der Waals surface area contributed by atoms with Gasteiger partial charge in [0.15, 0.2) is 0 Å². The zero-order valence-electron chi connectivity index (χ0n) is 14.3. The van der Waals surface area contributed by atoms with Crippen LogP contribution in [-0.4, -0.2) is 53.7 Å². The second-order valence-electron chi connectivity index (χ2n) is 6.07. The number of nitrogens with zero attached hydrogens (tertiary/aromatic N) is 4. The summed E-state index contributed by atoms with van der Waals surface area (Å²) in [5.41, 5.74) is 0.358. The topological polar surface area (TPSA) is 80.8 Å². The first kappa shape index (κ1) is 18.9. The van der Waals surface area contributed by atoms with Gasteiger partial charge in [-0.2, -0.15) is 4.98 Å². The van der Waals surface area contributed by atoms with Crippen molar-refractivity contribution in [1.29, 1.82) is 0 Å². The average Bonchev–Trinajstić information content (AvgIpc) is 3.11. The van der Waals surface area contributed by atoms with Gasteiger partial charge in [0.2, 0.25) is 17.6 Å². The van der Waals surface area contributed by atoms with Crippen LogP contribution in [0.25, 0.3) is 11.4 Å². The molecule has 1 aliphatic heterocycles. The van der Waals surface area contributed by atoms with Crippen molar-refractivity contribution in [2.24, 2.45) is 4.99 Å². The second-order valence-corrected chi connectivity index (χ2v) is 6.07. The molecule has 27 heavy (non-hydrogen) atoms. The van der Waals surface area contributed by atoms with Gasteiger partial charge in [-0.1, -0.05) is 17.3 Å². The molecule has 1 aliphatic rings. The van der Waals surface area contributed by atoms with Crippen molar-refractivity contribution in [1.82, 2.24) is 15.0 Å². The molecule has 2 aromatic rings. The highest BCUT2D eigenvalue weighted by Crippen LogP contribution is 2.30. The van der Waals surface area contributed by atoms with E-state index in [1.54, 1.807) is 11.0 Å². The van der Waals surface area contributed by atoms with Crippen molar-refractivity contribution >= 4 is 12.6 Å². The van der Waals surface area contributed by atoms with E-state index in [1.165, 1.54) is 18.2 Å². The molecule has 10 heteroatoms. The molecule has 0 radical (unpaired) electrons. The van der Waals surface area contributed by atoms with E-state index in [0.29, 0.717) is 37.4 Å². The third-order valence-corrected chi connectivity index (χ3v) is 4.21. The van der Waals surface area contributed by atoms with Crippen LogP contribution in [-0.2, 0) is 4.79 Å². The standard InChI is InChI=1S/C17H17F3N4O3/c1-21-10-14(25)24-7-5-11(6-8-24)16-22-15(23-27-16)12-3-2-4-13(9-12)26-17(18,19)20/h2-4,9,11H,1,5-8,10H2. The lowest BCUT2D eigenvalue weighted by atomic mass is 9.96.